The van der Waals surface area contributed by atoms with E-state index in [0.29, 0.717) is 12.5 Å². The van der Waals surface area contributed by atoms with Crippen molar-refractivity contribution in [3.05, 3.63) is 23.8 Å². The summed E-state index contributed by atoms with van der Waals surface area (Å²) in [6.45, 7) is 4.75. The van der Waals surface area contributed by atoms with Gasteiger partial charge in [-0.25, -0.2) is 5.90 Å². The van der Waals surface area contributed by atoms with Crippen LogP contribution >= 0.6 is 0 Å². The highest BCUT2D eigenvalue weighted by molar-refractivity contribution is 5.60. The Morgan fingerprint density at radius 3 is 3.00 bits per heavy atom. The van der Waals surface area contributed by atoms with Gasteiger partial charge in [0.25, 0.3) is 0 Å². The first-order valence-corrected chi connectivity index (χ1v) is 5.96. The standard InChI is InChI=1S/C13H20N2O2/c1-10-3-4-13(16-2)12(7-10)15-6-5-11(8-15)9-17-14/h3-4,7,11H,5-6,8-9,14H2,1-2H3. The third-order valence-corrected chi connectivity index (χ3v) is 3.29. The second kappa shape index (κ2) is 5.38. The summed E-state index contributed by atoms with van der Waals surface area (Å²) in [7, 11) is 1.71. The number of rotatable bonds is 4. The zero-order chi connectivity index (χ0) is 12.3. The zero-order valence-electron chi connectivity index (χ0n) is 10.5. The van der Waals surface area contributed by atoms with Crippen molar-refractivity contribution >= 4 is 5.69 Å². The molecule has 4 heteroatoms. The summed E-state index contributed by atoms with van der Waals surface area (Å²) in [5.74, 6) is 6.58. The first-order chi connectivity index (χ1) is 8.24. The topological polar surface area (TPSA) is 47.7 Å². The lowest BCUT2D eigenvalue weighted by molar-refractivity contribution is 0.108. The van der Waals surface area contributed by atoms with E-state index in [2.05, 4.69) is 24.0 Å². The van der Waals surface area contributed by atoms with Crippen molar-refractivity contribution in [2.75, 3.05) is 31.7 Å². The van der Waals surface area contributed by atoms with Crippen molar-refractivity contribution in [2.24, 2.45) is 11.8 Å². The van der Waals surface area contributed by atoms with Crippen LogP contribution in [0.25, 0.3) is 0 Å². The van der Waals surface area contributed by atoms with Gasteiger partial charge in [-0.2, -0.15) is 0 Å². The van der Waals surface area contributed by atoms with Crippen molar-refractivity contribution in [3.63, 3.8) is 0 Å². The van der Waals surface area contributed by atoms with Gasteiger partial charge in [-0.3, -0.25) is 0 Å². The molecule has 17 heavy (non-hydrogen) atoms. The molecule has 1 atom stereocenters. The highest BCUT2D eigenvalue weighted by Crippen LogP contribution is 2.33. The lowest BCUT2D eigenvalue weighted by Crippen LogP contribution is -2.22. The summed E-state index contributed by atoms with van der Waals surface area (Å²) in [5.41, 5.74) is 2.42. The van der Waals surface area contributed by atoms with Gasteiger partial charge in [0, 0.05) is 19.0 Å². The Balaban J connectivity index is 2.14. The van der Waals surface area contributed by atoms with Crippen molar-refractivity contribution in [3.8, 4) is 5.75 Å². The number of methoxy groups -OCH3 is 1. The Morgan fingerprint density at radius 2 is 2.29 bits per heavy atom. The molecule has 1 unspecified atom stereocenters. The van der Waals surface area contributed by atoms with Crippen molar-refractivity contribution in [1.82, 2.24) is 0 Å². The predicted molar refractivity (Wildman–Crippen MR) is 68.2 cm³/mol. The van der Waals surface area contributed by atoms with Crippen LogP contribution in [0.1, 0.15) is 12.0 Å². The number of anilines is 1. The molecule has 0 aliphatic carbocycles. The molecule has 4 nitrogen and oxygen atoms in total. The first kappa shape index (κ1) is 12.2. The minimum Gasteiger partial charge on any atom is -0.495 e. The zero-order valence-corrected chi connectivity index (χ0v) is 10.5. The Kier molecular flexibility index (Phi) is 3.86. The summed E-state index contributed by atoms with van der Waals surface area (Å²) >= 11 is 0. The van der Waals surface area contributed by atoms with Crippen molar-refractivity contribution < 1.29 is 9.57 Å². The molecule has 1 saturated heterocycles. The third-order valence-electron chi connectivity index (χ3n) is 3.29. The van der Waals surface area contributed by atoms with Crippen molar-refractivity contribution in [1.29, 1.82) is 0 Å². The van der Waals surface area contributed by atoms with Crippen molar-refractivity contribution in [2.45, 2.75) is 13.3 Å². The maximum Gasteiger partial charge on any atom is 0.142 e. The number of benzene rings is 1. The molecule has 1 aliphatic rings. The predicted octanol–water partition coefficient (Wildman–Crippen LogP) is 1.72. The van der Waals surface area contributed by atoms with Gasteiger partial charge in [0.15, 0.2) is 0 Å². The number of nitrogens with two attached hydrogens (primary N) is 1. The molecule has 0 bridgehead atoms. The number of hydrogen-bond acceptors (Lipinski definition) is 4. The van der Waals surface area contributed by atoms with Crippen LogP contribution in [0.15, 0.2) is 18.2 Å². The monoisotopic (exact) mass is 236 g/mol. The molecule has 0 aromatic heterocycles. The summed E-state index contributed by atoms with van der Waals surface area (Å²) in [6.07, 6.45) is 1.12. The normalized spacial score (nSPS) is 19.7. The molecular formula is C13H20N2O2. The molecule has 1 heterocycles. The smallest absolute Gasteiger partial charge is 0.142 e. The molecule has 0 spiro atoms. The van der Waals surface area contributed by atoms with Crippen LogP contribution < -0.4 is 15.5 Å². The van der Waals surface area contributed by atoms with E-state index in [-0.39, 0.29) is 0 Å². The van der Waals surface area contributed by atoms with Gasteiger partial charge < -0.3 is 14.5 Å². The fraction of sp³-hybridized carbons (Fsp3) is 0.538. The molecule has 1 aliphatic heterocycles. The summed E-state index contributed by atoms with van der Waals surface area (Å²) in [5, 5.41) is 0. The number of nitrogens with zero attached hydrogens (tertiary/aromatic N) is 1. The average molecular weight is 236 g/mol. The van der Waals surface area contributed by atoms with Gasteiger partial charge in [0.1, 0.15) is 5.75 Å². The number of aryl methyl sites for hydroxylation is 1. The van der Waals surface area contributed by atoms with Crippen LogP contribution in [0, 0.1) is 12.8 Å². The van der Waals surface area contributed by atoms with Gasteiger partial charge in [-0.1, -0.05) is 6.07 Å². The molecule has 0 saturated carbocycles. The van der Waals surface area contributed by atoms with E-state index in [1.807, 2.05) is 6.07 Å². The Morgan fingerprint density at radius 1 is 1.47 bits per heavy atom. The molecule has 94 valence electrons. The van der Waals surface area contributed by atoms with Gasteiger partial charge in [0.2, 0.25) is 0 Å². The molecule has 1 fully saturated rings. The summed E-state index contributed by atoms with van der Waals surface area (Å²) in [6, 6.07) is 6.26. The molecule has 1 aromatic rings. The van der Waals surface area contributed by atoms with Gasteiger partial charge in [0.05, 0.1) is 19.4 Å². The highest BCUT2D eigenvalue weighted by atomic mass is 16.6. The largest absolute Gasteiger partial charge is 0.495 e. The summed E-state index contributed by atoms with van der Waals surface area (Å²) < 4.78 is 5.41. The highest BCUT2D eigenvalue weighted by Gasteiger charge is 2.24. The lowest BCUT2D eigenvalue weighted by Gasteiger charge is -2.21. The fourth-order valence-electron chi connectivity index (χ4n) is 2.37. The third kappa shape index (κ3) is 2.70. The molecule has 2 N–H and O–H groups in total. The van der Waals surface area contributed by atoms with Crippen LogP contribution in [-0.2, 0) is 4.84 Å². The van der Waals surface area contributed by atoms with E-state index < -0.39 is 0 Å². The molecule has 2 rings (SSSR count). The SMILES string of the molecule is COc1ccc(C)cc1N1CCC(CON)C1. The Hall–Kier alpha value is -1.26. The van der Waals surface area contributed by atoms with Crippen LogP contribution in [0.3, 0.4) is 0 Å². The average Bonchev–Trinajstić information content (AvgIpc) is 2.78. The molecule has 0 radical (unpaired) electrons. The minimum absolute atomic E-state index is 0.519. The quantitative estimate of drug-likeness (QED) is 0.809. The van der Waals surface area contributed by atoms with Crippen LogP contribution in [-0.4, -0.2) is 26.8 Å². The Bertz CT molecular complexity index is 382. The second-order valence-electron chi connectivity index (χ2n) is 4.61. The van der Waals surface area contributed by atoms with E-state index in [0.717, 1.165) is 25.3 Å². The lowest BCUT2D eigenvalue weighted by atomic mass is 10.1. The van der Waals surface area contributed by atoms with E-state index in [1.165, 1.54) is 11.3 Å². The number of hydrogen-bond donors (Lipinski definition) is 1. The van der Waals surface area contributed by atoms with E-state index >= 15 is 0 Å². The number of ether oxygens (including phenoxy) is 1. The van der Waals surface area contributed by atoms with E-state index in [1.54, 1.807) is 7.11 Å². The summed E-state index contributed by atoms with van der Waals surface area (Å²) in [4.78, 5) is 7.08. The van der Waals surface area contributed by atoms with Gasteiger partial charge in [-0.15, -0.1) is 0 Å². The minimum atomic E-state index is 0.519. The fourth-order valence-corrected chi connectivity index (χ4v) is 2.37. The second-order valence-corrected chi connectivity index (χ2v) is 4.61. The van der Waals surface area contributed by atoms with Gasteiger partial charge >= 0.3 is 0 Å². The van der Waals surface area contributed by atoms with Crippen LogP contribution in [0.5, 0.6) is 5.75 Å². The van der Waals surface area contributed by atoms with Crippen LogP contribution in [0.2, 0.25) is 0 Å². The van der Waals surface area contributed by atoms with Crippen LogP contribution in [0.4, 0.5) is 5.69 Å². The molecule has 0 amide bonds. The van der Waals surface area contributed by atoms with E-state index in [4.69, 9.17) is 15.5 Å². The maximum absolute atomic E-state index is 5.41. The molecular weight excluding hydrogens is 216 g/mol. The van der Waals surface area contributed by atoms with Gasteiger partial charge in [-0.05, 0) is 31.0 Å². The molecule has 1 aromatic carbocycles. The first-order valence-electron chi connectivity index (χ1n) is 5.96. The Labute approximate surface area is 102 Å². The maximum atomic E-state index is 5.41. The van der Waals surface area contributed by atoms with E-state index in [9.17, 15) is 0 Å².